The standard InChI is InChI=1S/C19H17BrN2O/c1-14-3-8-19(18(20)11-14)21-12-15-9-10-22(13-15)16-4-6-17(23-2)7-5-16/h3-13H,1-2H3. The van der Waals surface area contributed by atoms with Crippen LogP contribution in [0, 0.1) is 6.92 Å². The third-order valence-corrected chi connectivity index (χ3v) is 4.18. The SMILES string of the molecule is COc1ccc(-n2ccc(C=Nc3ccc(C)cc3Br)c2)cc1. The maximum absolute atomic E-state index is 5.18. The van der Waals surface area contributed by atoms with Gasteiger partial charge in [-0.15, -0.1) is 0 Å². The van der Waals surface area contributed by atoms with Gasteiger partial charge in [0.05, 0.1) is 12.8 Å². The molecule has 0 atom stereocenters. The average molecular weight is 369 g/mol. The Labute approximate surface area is 144 Å². The van der Waals surface area contributed by atoms with Crippen molar-refractivity contribution in [1.29, 1.82) is 0 Å². The molecule has 3 rings (SSSR count). The van der Waals surface area contributed by atoms with Crippen LogP contribution < -0.4 is 4.74 Å². The van der Waals surface area contributed by atoms with Gasteiger partial charge in [0.25, 0.3) is 0 Å². The van der Waals surface area contributed by atoms with Gasteiger partial charge in [0, 0.05) is 34.3 Å². The molecule has 4 heteroatoms. The Morgan fingerprint density at radius 1 is 1.09 bits per heavy atom. The molecule has 0 N–H and O–H groups in total. The third kappa shape index (κ3) is 3.71. The van der Waals surface area contributed by atoms with Crippen molar-refractivity contribution in [3.63, 3.8) is 0 Å². The molecule has 2 aromatic carbocycles. The molecule has 0 aliphatic rings. The second-order valence-corrected chi connectivity index (χ2v) is 6.12. The lowest BCUT2D eigenvalue weighted by Crippen LogP contribution is -1.90. The van der Waals surface area contributed by atoms with Gasteiger partial charge in [-0.05, 0) is 70.9 Å². The quantitative estimate of drug-likeness (QED) is 0.573. The van der Waals surface area contributed by atoms with Crippen LogP contribution in [-0.4, -0.2) is 17.9 Å². The molecule has 1 heterocycles. The predicted molar refractivity (Wildman–Crippen MR) is 98.5 cm³/mol. The molecule has 0 saturated heterocycles. The van der Waals surface area contributed by atoms with Crippen LogP contribution in [0.25, 0.3) is 5.69 Å². The van der Waals surface area contributed by atoms with Crippen molar-refractivity contribution in [3.05, 3.63) is 76.5 Å². The van der Waals surface area contributed by atoms with Gasteiger partial charge in [-0.25, -0.2) is 0 Å². The fraction of sp³-hybridized carbons (Fsp3) is 0.105. The number of hydrogen-bond acceptors (Lipinski definition) is 2. The average Bonchev–Trinajstić information content (AvgIpc) is 3.03. The summed E-state index contributed by atoms with van der Waals surface area (Å²) in [5, 5.41) is 0. The lowest BCUT2D eigenvalue weighted by atomic mass is 10.2. The Morgan fingerprint density at radius 3 is 2.57 bits per heavy atom. The van der Waals surface area contributed by atoms with Crippen molar-refractivity contribution in [3.8, 4) is 11.4 Å². The number of rotatable bonds is 4. The Hall–Kier alpha value is -2.33. The maximum atomic E-state index is 5.18. The monoisotopic (exact) mass is 368 g/mol. The van der Waals surface area contributed by atoms with Gasteiger partial charge in [0.15, 0.2) is 0 Å². The number of aliphatic imine (C=N–C) groups is 1. The molecule has 0 radical (unpaired) electrons. The molecule has 23 heavy (non-hydrogen) atoms. The highest BCUT2D eigenvalue weighted by atomic mass is 79.9. The van der Waals surface area contributed by atoms with Gasteiger partial charge in [0.2, 0.25) is 0 Å². The van der Waals surface area contributed by atoms with Gasteiger partial charge in [0.1, 0.15) is 5.75 Å². The summed E-state index contributed by atoms with van der Waals surface area (Å²) in [6.07, 6.45) is 5.94. The van der Waals surface area contributed by atoms with E-state index in [0.717, 1.165) is 27.2 Å². The smallest absolute Gasteiger partial charge is 0.119 e. The van der Waals surface area contributed by atoms with Crippen LogP contribution >= 0.6 is 15.9 Å². The number of halogens is 1. The number of benzene rings is 2. The summed E-state index contributed by atoms with van der Waals surface area (Å²) in [5.41, 5.74) is 4.27. The summed E-state index contributed by atoms with van der Waals surface area (Å²) in [4.78, 5) is 4.55. The van der Waals surface area contributed by atoms with Crippen molar-refractivity contribution in [2.45, 2.75) is 6.92 Å². The van der Waals surface area contributed by atoms with E-state index in [2.05, 4.69) is 44.5 Å². The van der Waals surface area contributed by atoms with E-state index < -0.39 is 0 Å². The van der Waals surface area contributed by atoms with Crippen molar-refractivity contribution >= 4 is 27.8 Å². The van der Waals surface area contributed by atoms with Crippen LogP contribution in [0.4, 0.5) is 5.69 Å². The first kappa shape index (κ1) is 15.6. The Morgan fingerprint density at radius 2 is 1.87 bits per heavy atom. The third-order valence-electron chi connectivity index (χ3n) is 3.54. The molecule has 3 aromatic rings. The normalized spacial score (nSPS) is 11.1. The highest BCUT2D eigenvalue weighted by Gasteiger charge is 2.00. The number of methoxy groups -OCH3 is 1. The first-order valence-corrected chi connectivity index (χ1v) is 8.07. The van der Waals surface area contributed by atoms with Crippen molar-refractivity contribution in [2.75, 3.05) is 7.11 Å². The zero-order chi connectivity index (χ0) is 16.2. The van der Waals surface area contributed by atoms with Gasteiger partial charge in [-0.1, -0.05) is 6.07 Å². The van der Waals surface area contributed by atoms with Crippen molar-refractivity contribution < 1.29 is 4.74 Å². The van der Waals surface area contributed by atoms with Crippen LogP contribution in [0.15, 0.2) is 70.4 Å². The summed E-state index contributed by atoms with van der Waals surface area (Å²) in [5.74, 6) is 0.854. The minimum absolute atomic E-state index is 0.854. The number of hydrogen-bond donors (Lipinski definition) is 0. The Bertz CT molecular complexity index is 835. The van der Waals surface area contributed by atoms with Gasteiger partial charge < -0.3 is 9.30 Å². The molecule has 0 unspecified atom stereocenters. The second-order valence-electron chi connectivity index (χ2n) is 5.26. The van der Waals surface area contributed by atoms with Crippen LogP contribution in [0.1, 0.15) is 11.1 Å². The molecular weight excluding hydrogens is 352 g/mol. The van der Waals surface area contributed by atoms with Gasteiger partial charge in [-0.2, -0.15) is 0 Å². The minimum Gasteiger partial charge on any atom is -0.497 e. The van der Waals surface area contributed by atoms with E-state index in [1.54, 1.807) is 7.11 Å². The van der Waals surface area contributed by atoms with E-state index in [9.17, 15) is 0 Å². The molecule has 0 fully saturated rings. The molecular formula is C19H17BrN2O. The molecule has 116 valence electrons. The summed E-state index contributed by atoms with van der Waals surface area (Å²) in [7, 11) is 1.67. The summed E-state index contributed by atoms with van der Waals surface area (Å²) in [6.45, 7) is 2.06. The summed E-state index contributed by atoms with van der Waals surface area (Å²) < 4.78 is 8.25. The first-order chi connectivity index (χ1) is 11.2. The van der Waals surface area contributed by atoms with E-state index in [-0.39, 0.29) is 0 Å². The molecule has 0 aliphatic carbocycles. The number of aromatic nitrogens is 1. The number of aryl methyl sites for hydroxylation is 1. The van der Waals surface area contributed by atoms with E-state index in [4.69, 9.17) is 4.74 Å². The molecule has 0 saturated carbocycles. The zero-order valence-electron chi connectivity index (χ0n) is 13.0. The lowest BCUT2D eigenvalue weighted by molar-refractivity contribution is 0.415. The number of nitrogens with zero attached hydrogens (tertiary/aromatic N) is 2. The van der Waals surface area contributed by atoms with Gasteiger partial charge in [-0.3, -0.25) is 4.99 Å². The largest absolute Gasteiger partial charge is 0.497 e. The molecule has 0 bridgehead atoms. The lowest BCUT2D eigenvalue weighted by Gasteiger charge is -2.04. The Kier molecular flexibility index (Phi) is 4.63. The van der Waals surface area contributed by atoms with E-state index >= 15 is 0 Å². The van der Waals surface area contributed by atoms with Crippen LogP contribution in [0.2, 0.25) is 0 Å². The van der Waals surface area contributed by atoms with Crippen molar-refractivity contribution in [2.24, 2.45) is 4.99 Å². The summed E-state index contributed by atoms with van der Waals surface area (Å²) in [6, 6.07) is 16.1. The highest BCUT2D eigenvalue weighted by molar-refractivity contribution is 9.10. The highest BCUT2D eigenvalue weighted by Crippen LogP contribution is 2.26. The summed E-state index contributed by atoms with van der Waals surface area (Å²) >= 11 is 3.55. The zero-order valence-corrected chi connectivity index (χ0v) is 14.6. The van der Waals surface area contributed by atoms with E-state index in [1.807, 2.05) is 55.0 Å². The fourth-order valence-corrected chi connectivity index (χ4v) is 2.86. The molecule has 0 amide bonds. The number of ether oxygens (including phenoxy) is 1. The molecule has 3 nitrogen and oxygen atoms in total. The fourth-order valence-electron chi connectivity index (χ4n) is 2.27. The van der Waals surface area contributed by atoms with Crippen molar-refractivity contribution in [1.82, 2.24) is 4.57 Å². The molecule has 0 spiro atoms. The maximum Gasteiger partial charge on any atom is 0.119 e. The van der Waals surface area contributed by atoms with Gasteiger partial charge >= 0.3 is 0 Å². The topological polar surface area (TPSA) is 26.5 Å². The second kappa shape index (κ2) is 6.84. The minimum atomic E-state index is 0.854. The van der Waals surface area contributed by atoms with E-state index in [1.165, 1.54) is 5.56 Å². The van der Waals surface area contributed by atoms with Crippen LogP contribution in [0.3, 0.4) is 0 Å². The van der Waals surface area contributed by atoms with Crippen LogP contribution in [-0.2, 0) is 0 Å². The molecule has 0 aliphatic heterocycles. The van der Waals surface area contributed by atoms with E-state index in [0.29, 0.717) is 0 Å². The first-order valence-electron chi connectivity index (χ1n) is 7.28. The molecule has 1 aromatic heterocycles. The predicted octanol–water partition coefficient (Wildman–Crippen LogP) is 5.31. The Balaban J connectivity index is 1.79. The van der Waals surface area contributed by atoms with Crippen LogP contribution in [0.5, 0.6) is 5.75 Å².